The number of ether oxygens (including phenoxy) is 4. The number of nitrogens with two attached hydrogens (primary N) is 1. The predicted octanol–water partition coefficient (Wildman–Crippen LogP) is 2.65. The lowest BCUT2D eigenvalue weighted by molar-refractivity contribution is 0.0265. The number of amides is 1. The molecule has 1 aliphatic rings. The summed E-state index contributed by atoms with van der Waals surface area (Å²) in [6.07, 6.45) is 2.79. The zero-order valence-electron chi connectivity index (χ0n) is 16.2. The van der Waals surface area contributed by atoms with Crippen molar-refractivity contribution in [2.24, 2.45) is 12.8 Å². The first-order chi connectivity index (χ1) is 14.1. The Morgan fingerprint density at radius 3 is 2.76 bits per heavy atom. The summed E-state index contributed by atoms with van der Waals surface area (Å²) >= 11 is 0. The van der Waals surface area contributed by atoms with Crippen LogP contribution < -0.4 is 15.2 Å². The molecule has 1 amide bonds. The molecule has 2 heterocycles. The molecule has 1 aromatic heterocycles. The third kappa shape index (κ3) is 4.49. The van der Waals surface area contributed by atoms with Crippen LogP contribution in [0.25, 0.3) is 10.9 Å². The molecule has 0 radical (unpaired) electrons. The molecule has 1 aliphatic heterocycles. The monoisotopic (exact) mass is 397 g/mol. The minimum absolute atomic E-state index is 0.172. The van der Waals surface area contributed by atoms with Gasteiger partial charge in [-0.1, -0.05) is 0 Å². The summed E-state index contributed by atoms with van der Waals surface area (Å²) in [6, 6.07) is 10.6. The first kappa shape index (κ1) is 19.2. The second-order valence-electron chi connectivity index (χ2n) is 6.82. The van der Waals surface area contributed by atoms with Crippen molar-refractivity contribution in [2.45, 2.75) is 12.5 Å². The number of fused-ring (bicyclic) bond motifs is 1. The number of carbonyl (C=O) groups is 1. The Bertz CT molecular complexity index is 993. The summed E-state index contributed by atoms with van der Waals surface area (Å²) in [5, 5.41) is 5.01. The Morgan fingerprint density at radius 2 is 2.03 bits per heavy atom. The van der Waals surface area contributed by atoms with Crippen LogP contribution in [0, 0.1) is 0 Å². The number of hydrogen-bond acceptors (Lipinski definition) is 6. The average Bonchev–Trinajstić information content (AvgIpc) is 3.36. The van der Waals surface area contributed by atoms with Crippen molar-refractivity contribution >= 4 is 16.8 Å². The molecule has 152 valence electrons. The van der Waals surface area contributed by atoms with Gasteiger partial charge in [-0.25, -0.2) is 0 Å². The summed E-state index contributed by atoms with van der Waals surface area (Å²) in [5.41, 5.74) is 6.67. The smallest absolute Gasteiger partial charge is 0.252 e. The van der Waals surface area contributed by atoms with Crippen LogP contribution in [-0.4, -0.2) is 48.2 Å². The minimum Gasteiger partial charge on any atom is -0.491 e. The van der Waals surface area contributed by atoms with Crippen LogP contribution in [0.5, 0.6) is 17.2 Å². The van der Waals surface area contributed by atoms with Gasteiger partial charge in [0.05, 0.1) is 36.6 Å². The van der Waals surface area contributed by atoms with E-state index in [-0.39, 0.29) is 6.10 Å². The van der Waals surface area contributed by atoms with E-state index in [0.29, 0.717) is 42.6 Å². The Morgan fingerprint density at radius 1 is 1.24 bits per heavy atom. The molecule has 0 bridgehead atoms. The van der Waals surface area contributed by atoms with Crippen LogP contribution in [0.1, 0.15) is 16.8 Å². The summed E-state index contributed by atoms with van der Waals surface area (Å²) in [5.74, 6) is 1.11. The molecule has 0 spiro atoms. The van der Waals surface area contributed by atoms with Gasteiger partial charge in [-0.15, -0.1) is 0 Å². The molecular weight excluding hydrogens is 374 g/mol. The number of carbonyl (C=O) groups excluding carboxylic acids is 1. The Kier molecular flexibility index (Phi) is 5.64. The Labute approximate surface area is 168 Å². The lowest BCUT2D eigenvalue weighted by atomic mass is 10.1. The number of nitrogens with zero attached hydrogens (tertiary/aromatic N) is 2. The van der Waals surface area contributed by atoms with Gasteiger partial charge in [-0.3, -0.25) is 9.48 Å². The van der Waals surface area contributed by atoms with Crippen LogP contribution in [-0.2, 0) is 16.5 Å². The fraction of sp³-hybridized carbons (Fsp3) is 0.333. The number of hydrogen-bond donors (Lipinski definition) is 1. The summed E-state index contributed by atoms with van der Waals surface area (Å²) in [7, 11) is 1.83. The summed E-state index contributed by atoms with van der Waals surface area (Å²) < 4.78 is 24.3. The van der Waals surface area contributed by atoms with Gasteiger partial charge >= 0.3 is 0 Å². The molecule has 1 atom stereocenters. The van der Waals surface area contributed by atoms with Crippen molar-refractivity contribution < 1.29 is 23.7 Å². The van der Waals surface area contributed by atoms with E-state index in [1.165, 1.54) is 0 Å². The van der Waals surface area contributed by atoms with Gasteiger partial charge in [0, 0.05) is 25.1 Å². The molecular formula is C21H23N3O5. The number of aryl methyl sites for hydroxylation is 1. The maximum atomic E-state index is 11.8. The lowest BCUT2D eigenvalue weighted by Gasteiger charge is -2.12. The van der Waals surface area contributed by atoms with Crippen molar-refractivity contribution in [3.05, 3.63) is 48.2 Å². The van der Waals surface area contributed by atoms with Crippen molar-refractivity contribution in [2.75, 3.05) is 26.4 Å². The van der Waals surface area contributed by atoms with E-state index >= 15 is 0 Å². The Balaban J connectivity index is 1.39. The molecule has 29 heavy (non-hydrogen) atoms. The van der Waals surface area contributed by atoms with Gasteiger partial charge in [-0.05, 0) is 36.8 Å². The first-order valence-electron chi connectivity index (χ1n) is 9.46. The van der Waals surface area contributed by atoms with Crippen LogP contribution in [0.15, 0.2) is 42.6 Å². The van der Waals surface area contributed by atoms with Gasteiger partial charge < -0.3 is 24.7 Å². The molecule has 8 heteroatoms. The highest BCUT2D eigenvalue weighted by Gasteiger charge is 2.16. The lowest BCUT2D eigenvalue weighted by Crippen LogP contribution is -2.16. The van der Waals surface area contributed by atoms with Crippen molar-refractivity contribution in [1.82, 2.24) is 9.78 Å². The second kappa shape index (κ2) is 8.50. The SMILES string of the molecule is Cn1ncc2cc(C(N)=O)c(Oc3ccc(OCCO[C@H]4CCOC4)cc3)cc21. The normalized spacial score (nSPS) is 16.2. The molecule has 0 aliphatic carbocycles. The van der Waals surface area contributed by atoms with E-state index in [4.69, 9.17) is 24.7 Å². The van der Waals surface area contributed by atoms with Crippen LogP contribution >= 0.6 is 0 Å². The summed E-state index contributed by atoms with van der Waals surface area (Å²) in [4.78, 5) is 11.8. The molecule has 8 nitrogen and oxygen atoms in total. The van der Waals surface area contributed by atoms with E-state index in [1.54, 1.807) is 47.3 Å². The number of aromatic nitrogens is 2. The van der Waals surface area contributed by atoms with E-state index < -0.39 is 5.91 Å². The quantitative estimate of drug-likeness (QED) is 0.587. The fourth-order valence-corrected chi connectivity index (χ4v) is 3.21. The third-order valence-electron chi connectivity index (χ3n) is 4.76. The summed E-state index contributed by atoms with van der Waals surface area (Å²) in [6.45, 7) is 2.39. The maximum Gasteiger partial charge on any atom is 0.252 e. The largest absolute Gasteiger partial charge is 0.491 e. The van der Waals surface area contributed by atoms with E-state index in [2.05, 4.69) is 5.10 Å². The maximum absolute atomic E-state index is 11.8. The van der Waals surface area contributed by atoms with Gasteiger partial charge in [-0.2, -0.15) is 5.10 Å². The van der Waals surface area contributed by atoms with E-state index in [0.717, 1.165) is 23.9 Å². The molecule has 0 saturated carbocycles. The molecule has 0 unspecified atom stereocenters. The Hall–Kier alpha value is -3.10. The van der Waals surface area contributed by atoms with Gasteiger partial charge in [0.1, 0.15) is 23.9 Å². The second-order valence-corrected chi connectivity index (χ2v) is 6.82. The minimum atomic E-state index is -0.557. The van der Waals surface area contributed by atoms with Crippen molar-refractivity contribution in [1.29, 1.82) is 0 Å². The number of rotatable bonds is 8. The van der Waals surface area contributed by atoms with Crippen molar-refractivity contribution in [3.8, 4) is 17.2 Å². The molecule has 2 N–H and O–H groups in total. The number of benzene rings is 2. The van der Waals surface area contributed by atoms with E-state index in [1.807, 2.05) is 7.05 Å². The van der Waals surface area contributed by atoms with E-state index in [9.17, 15) is 4.79 Å². The van der Waals surface area contributed by atoms with Gasteiger partial charge in [0.2, 0.25) is 0 Å². The number of primary amides is 1. The van der Waals surface area contributed by atoms with Crippen LogP contribution in [0.4, 0.5) is 0 Å². The highest BCUT2D eigenvalue weighted by atomic mass is 16.6. The van der Waals surface area contributed by atoms with Crippen LogP contribution in [0.2, 0.25) is 0 Å². The molecule has 2 aromatic carbocycles. The zero-order valence-corrected chi connectivity index (χ0v) is 16.2. The molecule has 1 saturated heterocycles. The van der Waals surface area contributed by atoms with Gasteiger partial charge in [0.15, 0.2) is 0 Å². The fourth-order valence-electron chi connectivity index (χ4n) is 3.21. The standard InChI is InChI=1S/C21H23N3O5/c1-24-19-11-20(18(21(22)25)10-14(19)12-23-24)29-16-4-2-15(3-5-16)27-8-9-28-17-6-7-26-13-17/h2-5,10-12,17H,6-9,13H2,1H3,(H2,22,25)/t17-/m0/s1. The topological polar surface area (TPSA) is 97.8 Å². The predicted molar refractivity (Wildman–Crippen MR) is 106 cm³/mol. The average molecular weight is 397 g/mol. The van der Waals surface area contributed by atoms with Crippen molar-refractivity contribution in [3.63, 3.8) is 0 Å². The molecule has 4 rings (SSSR count). The van der Waals surface area contributed by atoms with Gasteiger partial charge in [0.25, 0.3) is 5.91 Å². The first-order valence-corrected chi connectivity index (χ1v) is 9.46. The zero-order chi connectivity index (χ0) is 20.2. The highest BCUT2D eigenvalue weighted by Crippen LogP contribution is 2.30. The third-order valence-corrected chi connectivity index (χ3v) is 4.76. The van der Waals surface area contributed by atoms with Crippen LogP contribution in [0.3, 0.4) is 0 Å². The highest BCUT2D eigenvalue weighted by molar-refractivity contribution is 6.00. The molecule has 3 aromatic rings. The molecule has 1 fully saturated rings.